The first kappa shape index (κ1) is 17.0. The van der Waals surface area contributed by atoms with Crippen molar-refractivity contribution in [3.8, 4) is 0 Å². The molecule has 6 heteroatoms. The lowest BCUT2D eigenvalue weighted by molar-refractivity contribution is 0.311. The largest absolute Gasteiger partial charge is 0.338 e. The monoisotopic (exact) mass is 335 g/mol. The van der Waals surface area contributed by atoms with Crippen LogP contribution in [0.4, 0.5) is 5.95 Å². The normalized spacial score (nSPS) is 25.9. The van der Waals surface area contributed by atoms with Gasteiger partial charge in [0.1, 0.15) is 0 Å². The van der Waals surface area contributed by atoms with E-state index in [1.54, 1.807) is 0 Å². The summed E-state index contributed by atoms with van der Waals surface area (Å²) in [5.74, 6) is 2.11. The molecule has 1 saturated heterocycles. The van der Waals surface area contributed by atoms with Gasteiger partial charge in [0, 0.05) is 62.0 Å². The van der Waals surface area contributed by atoms with Gasteiger partial charge in [-0.3, -0.25) is 0 Å². The zero-order valence-corrected chi connectivity index (χ0v) is 15.2. The number of hydrogen-bond donors (Lipinski definition) is 1. The fourth-order valence-electron chi connectivity index (χ4n) is 3.38. The van der Waals surface area contributed by atoms with Gasteiger partial charge in [0.2, 0.25) is 5.95 Å². The van der Waals surface area contributed by atoms with E-state index in [0.29, 0.717) is 6.04 Å². The highest BCUT2D eigenvalue weighted by Gasteiger charge is 2.24. The first-order chi connectivity index (χ1) is 11.2. The number of hydrogen-bond acceptors (Lipinski definition) is 6. The van der Waals surface area contributed by atoms with E-state index in [-0.39, 0.29) is 0 Å². The highest BCUT2D eigenvalue weighted by atomic mass is 32.2. The summed E-state index contributed by atoms with van der Waals surface area (Å²) >= 11 is 2.11. The van der Waals surface area contributed by atoms with Crippen molar-refractivity contribution in [1.82, 2.24) is 20.2 Å². The number of aromatic nitrogens is 2. The maximum absolute atomic E-state index is 4.57. The van der Waals surface area contributed by atoms with Crippen molar-refractivity contribution in [2.24, 2.45) is 0 Å². The first-order valence-electron chi connectivity index (χ1n) is 8.84. The van der Waals surface area contributed by atoms with E-state index in [0.717, 1.165) is 43.9 Å². The van der Waals surface area contributed by atoms with Crippen molar-refractivity contribution in [3.63, 3.8) is 0 Å². The average molecular weight is 336 g/mol. The minimum Gasteiger partial charge on any atom is -0.338 e. The number of rotatable bonds is 6. The van der Waals surface area contributed by atoms with E-state index in [9.17, 15) is 0 Å². The van der Waals surface area contributed by atoms with E-state index < -0.39 is 0 Å². The molecular formula is C17H29N5S. The Bertz CT molecular complexity index is 472. The molecule has 0 unspecified atom stereocenters. The molecule has 1 N–H and O–H groups in total. The lowest BCUT2D eigenvalue weighted by atomic mass is 10.2. The Morgan fingerprint density at radius 3 is 2.61 bits per heavy atom. The summed E-state index contributed by atoms with van der Waals surface area (Å²) in [6, 6.07) is 0.663. The summed E-state index contributed by atoms with van der Waals surface area (Å²) in [6.07, 6.45) is 7.94. The predicted molar refractivity (Wildman–Crippen MR) is 98.1 cm³/mol. The van der Waals surface area contributed by atoms with Crippen LogP contribution < -0.4 is 10.2 Å². The van der Waals surface area contributed by atoms with Crippen molar-refractivity contribution in [3.05, 3.63) is 18.0 Å². The summed E-state index contributed by atoms with van der Waals surface area (Å²) in [4.78, 5) is 13.8. The summed E-state index contributed by atoms with van der Waals surface area (Å²) in [6.45, 7) is 7.36. The number of nitrogens with zero attached hydrogens (tertiary/aromatic N) is 4. The smallest absolute Gasteiger partial charge is 0.225 e. The Balaban J connectivity index is 1.45. The Labute approximate surface area is 144 Å². The standard InChI is InChI=1S/C17H29N5S/c1-3-23-16-5-4-15(10-16)18-11-14-12-19-17(20-13-14)22-8-6-21(2)7-9-22/h12-13,15-16,18H,3-11H2,1-2H3/t15-,16-/m1/s1. The molecular weight excluding hydrogens is 306 g/mol. The van der Waals surface area contributed by atoms with Crippen molar-refractivity contribution in [2.75, 3.05) is 43.9 Å². The van der Waals surface area contributed by atoms with Crippen LogP contribution in [0.3, 0.4) is 0 Å². The molecule has 0 bridgehead atoms. The van der Waals surface area contributed by atoms with Gasteiger partial charge >= 0.3 is 0 Å². The minimum atomic E-state index is 0.663. The molecule has 0 radical (unpaired) electrons. The van der Waals surface area contributed by atoms with Gasteiger partial charge in [0.05, 0.1) is 0 Å². The van der Waals surface area contributed by atoms with Crippen LogP contribution in [0.1, 0.15) is 31.7 Å². The van der Waals surface area contributed by atoms with Gasteiger partial charge in [-0.15, -0.1) is 0 Å². The van der Waals surface area contributed by atoms with E-state index in [4.69, 9.17) is 0 Å². The second-order valence-corrected chi connectivity index (χ2v) is 8.23. The molecule has 2 aliphatic rings. The Kier molecular flexibility index (Phi) is 6.14. The number of nitrogens with one attached hydrogen (secondary N) is 1. The van der Waals surface area contributed by atoms with Gasteiger partial charge < -0.3 is 15.1 Å². The highest BCUT2D eigenvalue weighted by molar-refractivity contribution is 7.99. The fourth-order valence-corrected chi connectivity index (χ4v) is 4.53. The minimum absolute atomic E-state index is 0.663. The summed E-state index contributed by atoms with van der Waals surface area (Å²) in [5, 5.41) is 4.53. The van der Waals surface area contributed by atoms with Gasteiger partial charge in [-0.05, 0) is 32.1 Å². The third-order valence-electron chi connectivity index (χ3n) is 4.86. The molecule has 1 aromatic rings. The van der Waals surface area contributed by atoms with Crippen LogP contribution in [0.15, 0.2) is 12.4 Å². The molecule has 128 valence electrons. The zero-order valence-electron chi connectivity index (χ0n) is 14.4. The summed E-state index contributed by atoms with van der Waals surface area (Å²) < 4.78 is 0. The van der Waals surface area contributed by atoms with E-state index in [1.165, 1.54) is 30.6 Å². The average Bonchev–Trinajstić information content (AvgIpc) is 3.02. The molecule has 3 rings (SSSR count). The molecule has 0 amide bonds. The fraction of sp³-hybridized carbons (Fsp3) is 0.765. The number of thioether (sulfide) groups is 1. The molecule has 1 aliphatic carbocycles. The van der Waals surface area contributed by atoms with E-state index in [1.807, 2.05) is 12.4 Å². The first-order valence-corrected chi connectivity index (χ1v) is 9.89. The predicted octanol–water partition coefficient (Wildman–Crippen LogP) is 1.99. The molecule has 0 spiro atoms. The van der Waals surface area contributed by atoms with Crippen LogP contribution in [0.2, 0.25) is 0 Å². The molecule has 1 saturated carbocycles. The molecule has 2 fully saturated rings. The van der Waals surface area contributed by atoms with Gasteiger partial charge in [0.25, 0.3) is 0 Å². The van der Waals surface area contributed by atoms with Crippen molar-refractivity contribution >= 4 is 17.7 Å². The van der Waals surface area contributed by atoms with Crippen LogP contribution >= 0.6 is 11.8 Å². The summed E-state index contributed by atoms with van der Waals surface area (Å²) in [5.41, 5.74) is 1.19. The van der Waals surface area contributed by atoms with Crippen LogP contribution in [-0.2, 0) is 6.54 Å². The van der Waals surface area contributed by atoms with Crippen molar-refractivity contribution < 1.29 is 0 Å². The highest BCUT2D eigenvalue weighted by Crippen LogP contribution is 2.29. The topological polar surface area (TPSA) is 44.3 Å². The number of likely N-dealkylation sites (N-methyl/N-ethyl adjacent to an activating group) is 1. The van der Waals surface area contributed by atoms with Gasteiger partial charge in [-0.2, -0.15) is 11.8 Å². The lowest BCUT2D eigenvalue weighted by Crippen LogP contribution is -2.45. The number of anilines is 1. The van der Waals surface area contributed by atoms with E-state index in [2.05, 4.69) is 50.8 Å². The molecule has 5 nitrogen and oxygen atoms in total. The van der Waals surface area contributed by atoms with Gasteiger partial charge in [-0.25, -0.2) is 9.97 Å². The van der Waals surface area contributed by atoms with E-state index >= 15 is 0 Å². The Morgan fingerprint density at radius 1 is 1.17 bits per heavy atom. The van der Waals surface area contributed by atoms with Crippen molar-refractivity contribution in [1.29, 1.82) is 0 Å². The maximum atomic E-state index is 4.57. The second-order valence-electron chi connectivity index (χ2n) is 6.65. The van der Waals surface area contributed by atoms with Crippen LogP contribution in [0.5, 0.6) is 0 Å². The molecule has 2 heterocycles. The Hall–Kier alpha value is -0.850. The van der Waals surface area contributed by atoms with Crippen LogP contribution in [0.25, 0.3) is 0 Å². The zero-order chi connectivity index (χ0) is 16.1. The molecule has 1 aliphatic heterocycles. The molecule has 23 heavy (non-hydrogen) atoms. The summed E-state index contributed by atoms with van der Waals surface area (Å²) in [7, 11) is 2.17. The van der Waals surface area contributed by atoms with Crippen LogP contribution in [-0.4, -0.2) is 65.1 Å². The quantitative estimate of drug-likeness (QED) is 0.858. The second kappa shape index (κ2) is 8.31. The lowest BCUT2D eigenvalue weighted by Gasteiger charge is -2.32. The third-order valence-corrected chi connectivity index (χ3v) is 6.09. The third kappa shape index (κ3) is 4.81. The van der Waals surface area contributed by atoms with Crippen LogP contribution in [0, 0.1) is 0 Å². The molecule has 2 atom stereocenters. The maximum Gasteiger partial charge on any atom is 0.225 e. The van der Waals surface area contributed by atoms with Crippen molar-refractivity contribution in [2.45, 2.75) is 44.0 Å². The van der Waals surface area contributed by atoms with Gasteiger partial charge in [-0.1, -0.05) is 6.92 Å². The van der Waals surface area contributed by atoms with Gasteiger partial charge in [0.15, 0.2) is 0 Å². The SMILES string of the molecule is CCS[C@@H]1CC[C@@H](NCc2cnc(N3CCN(C)CC3)nc2)C1. The number of piperazine rings is 1. The molecule has 0 aromatic carbocycles. The Morgan fingerprint density at radius 2 is 1.91 bits per heavy atom. The molecule has 1 aromatic heterocycles.